The van der Waals surface area contributed by atoms with Crippen molar-refractivity contribution in [2.45, 2.75) is 46.4 Å². The fourth-order valence-electron chi connectivity index (χ4n) is 4.22. The number of aryl methyl sites for hydroxylation is 2. The lowest BCUT2D eigenvalue weighted by Gasteiger charge is -2.34. The van der Waals surface area contributed by atoms with Crippen LogP contribution in [0.2, 0.25) is 0 Å². The minimum Gasteiger partial charge on any atom is -0.373 e. The molecule has 0 aromatic carbocycles. The van der Waals surface area contributed by atoms with Crippen molar-refractivity contribution in [1.82, 2.24) is 20.0 Å². The number of ether oxygens (including phenoxy) is 1. The van der Waals surface area contributed by atoms with Gasteiger partial charge in [0.15, 0.2) is 5.13 Å². The van der Waals surface area contributed by atoms with E-state index in [9.17, 15) is 4.79 Å². The number of nitrogens with zero attached hydrogens (tertiary/aromatic N) is 4. The van der Waals surface area contributed by atoms with E-state index < -0.39 is 0 Å². The van der Waals surface area contributed by atoms with Crippen molar-refractivity contribution in [1.29, 1.82) is 0 Å². The van der Waals surface area contributed by atoms with E-state index in [-0.39, 0.29) is 18.1 Å². The second-order valence-electron chi connectivity index (χ2n) is 8.46. The molecule has 0 bridgehead atoms. The van der Waals surface area contributed by atoms with Crippen LogP contribution in [0.4, 0.5) is 5.13 Å². The normalized spacial score (nSPS) is 19.3. The van der Waals surface area contributed by atoms with Crippen LogP contribution in [-0.2, 0) is 11.3 Å². The van der Waals surface area contributed by atoms with E-state index >= 15 is 0 Å². The zero-order valence-corrected chi connectivity index (χ0v) is 20.5. The summed E-state index contributed by atoms with van der Waals surface area (Å²) >= 11 is 3.05. The van der Waals surface area contributed by atoms with E-state index in [2.05, 4.69) is 39.2 Å². The van der Waals surface area contributed by atoms with Crippen LogP contribution in [0.25, 0.3) is 21.7 Å². The highest BCUT2D eigenvalue weighted by Crippen LogP contribution is 2.31. The fourth-order valence-corrected chi connectivity index (χ4v) is 5.74. The van der Waals surface area contributed by atoms with Gasteiger partial charge in [0.2, 0.25) is 0 Å². The van der Waals surface area contributed by atoms with Crippen LogP contribution in [-0.4, -0.2) is 51.2 Å². The van der Waals surface area contributed by atoms with Crippen LogP contribution in [0.1, 0.15) is 40.5 Å². The number of carbonyl (C=O) groups excluding carboxylic acids is 1. The third-order valence-electron chi connectivity index (χ3n) is 5.51. The first kappa shape index (κ1) is 22.1. The van der Waals surface area contributed by atoms with Gasteiger partial charge in [-0.2, -0.15) is 0 Å². The maximum absolute atomic E-state index is 13.3. The Hall–Kier alpha value is -2.66. The highest BCUT2D eigenvalue weighted by molar-refractivity contribution is 7.15. The Bertz CT molecular complexity index is 1300. The summed E-state index contributed by atoms with van der Waals surface area (Å²) in [4.78, 5) is 27.0. The molecule has 1 aliphatic rings. The third kappa shape index (κ3) is 4.70. The van der Waals surface area contributed by atoms with E-state index in [0.29, 0.717) is 33.2 Å². The monoisotopic (exact) mass is 483 g/mol. The standard InChI is InChI=1S/C23H25N5O3S2/c1-12-8-28(9-13(2)30-12)10-16-11-32-23(24-16)26-21(29)17-7-18(19-6-5-14(3)33-19)25-22-20(17)15(4)27-31-22/h5-7,11-13H,8-10H2,1-4H3,(H,24,26,29). The number of morpholine rings is 1. The highest BCUT2D eigenvalue weighted by atomic mass is 32.1. The number of thiophene rings is 1. The molecule has 0 saturated carbocycles. The van der Waals surface area contributed by atoms with E-state index in [4.69, 9.17) is 9.26 Å². The van der Waals surface area contributed by atoms with E-state index in [1.807, 2.05) is 31.4 Å². The molecule has 0 aliphatic carbocycles. The lowest BCUT2D eigenvalue weighted by molar-refractivity contribution is -0.0707. The predicted molar refractivity (Wildman–Crippen MR) is 130 cm³/mol. The molecule has 1 fully saturated rings. The van der Waals surface area contributed by atoms with Gasteiger partial charge in [0.1, 0.15) is 0 Å². The smallest absolute Gasteiger partial charge is 0.259 e. The Morgan fingerprint density at radius 3 is 2.73 bits per heavy atom. The van der Waals surface area contributed by atoms with Gasteiger partial charge >= 0.3 is 0 Å². The third-order valence-corrected chi connectivity index (χ3v) is 7.34. The first-order valence-corrected chi connectivity index (χ1v) is 12.5. The lowest BCUT2D eigenvalue weighted by Crippen LogP contribution is -2.44. The van der Waals surface area contributed by atoms with Crippen molar-refractivity contribution in [3.05, 3.63) is 45.4 Å². The zero-order chi connectivity index (χ0) is 23.1. The van der Waals surface area contributed by atoms with Gasteiger partial charge in [-0.1, -0.05) is 5.16 Å². The molecule has 1 aliphatic heterocycles. The van der Waals surface area contributed by atoms with Gasteiger partial charge in [-0.15, -0.1) is 22.7 Å². The number of pyridine rings is 1. The molecule has 0 radical (unpaired) electrons. The number of anilines is 1. The Balaban J connectivity index is 1.38. The lowest BCUT2D eigenvalue weighted by atomic mass is 10.1. The number of fused-ring (bicyclic) bond motifs is 1. The maximum Gasteiger partial charge on any atom is 0.259 e. The molecule has 1 saturated heterocycles. The molecule has 5 rings (SSSR count). The highest BCUT2D eigenvalue weighted by Gasteiger charge is 2.24. The van der Waals surface area contributed by atoms with Gasteiger partial charge in [-0.25, -0.2) is 9.97 Å². The summed E-state index contributed by atoms with van der Waals surface area (Å²) in [6, 6.07) is 5.84. The Morgan fingerprint density at radius 1 is 1.21 bits per heavy atom. The molecule has 4 aromatic rings. The molecular weight excluding hydrogens is 458 g/mol. The quantitative estimate of drug-likeness (QED) is 0.432. The molecule has 0 spiro atoms. The molecule has 10 heteroatoms. The topological polar surface area (TPSA) is 93.4 Å². The number of nitrogens with one attached hydrogen (secondary N) is 1. The number of rotatable bonds is 5. The van der Waals surface area contributed by atoms with Gasteiger partial charge in [-0.05, 0) is 45.9 Å². The number of hydrogen-bond donors (Lipinski definition) is 1. The molecule has 2 atom stereocenters. The van der Waals surface area contributed by atoms with Gasteiger partial charge in [0.25, 0.3) is 11.6 Å². The van der Waals surface area contributed by atoms with Crippen molar-refractivity contribution in [2.75, 3.05) is 18.4 Å². The molecule has 33 heavy (non-hydrogen) atoms. The van der Waals surface area contributed by atoms with Crippen molar-refractivity contribution in [2.24, 2.45) is 0 Å². The van der Waals surface area contributed by atoms with Gasteiger partial charge < -0.3 is 9.26 Å². The van der Waals surface area contributed by atoms with Crippen LogP contribution >= 0.6 is 22.7 Å². The number of carbonyl (C=O) groups is 1. The van der Waals surface area contributed by atoms with Crippen molar-refractivity contribution < 1.29 is 14.1 Å². The second kappa shape index (κ2) is 8.94. The number of hydrogen-bond acceptors (Lipinski definition) is 9. The van der Waals surface area contributed by atoms with Crippen LogP contribution in [0, 0.1) is 13.8 Å². The molecule has 172 valence electrons. The minimum absolute atomic E-state index is 0.203. The number of amides is 1. The van der Waals surface area contributed by atoms with Crippen molar-refractivity contribution in [3.8, 4) is 10.6 Å². The molecular formula is C23H25N5O3S2. The molecule has 5 heterocycles. The largest absolute Gasteiger partial charge is 0.373 e. The summed E-state index contributed by atoms with van der Waals surface area (Å²) in [5.74, 6) is -0.252. The van der Waals surface area contributed by atoms with Crippen LogP contribution in [0.15, 0.2) is 28.1 Å². The summed E-state index contributed by atoms with van der Waals surface area (Å²) in [6.07, 6.45) is 0.405. The van der Waals surface area contributed by atoms with Crippen LogP contribution in [0.3, 0.4) is 0 Å². The van der Waals surface area contributed by atoms with Gasteiger partial charge in [0.05, 0.1) is 45.1 Å². The summed E-state index contributed by atoms with van der Waals surface area (Å²) in [5, 5.41) is 10.2. The first-order valence-electron chi connectivity index (χ1n) is 10.8. The SMILES string of the molecule is Cc1ccc(-c2cc(C(=O)Nc3nc(CN4CC(C)OC(C)C4)cs3)c3c(C)noc3n2)s1. The predicted octanol–water partition coefficient (Wildman–Crippen LogP) is 4.89. The van der Waals surface area contributed by atoms with Crippen LogP contribution < -0.4 is 5.32 Å². The number of aromatic nitrogens is 3. The Morgan fingerprint density at radius 2 is 2.00 bits per heavy atom. The molecule has 1 N–H and O–H groups in total. The Labute approximate surface area is 199 Å². The number of thiazole rings is 1. The minimum atomic E-state index is -0.252. The Kier molecular flexibility index (Phi) is 6.00. The molecule has 8 nitrogen and oxygen atoms in total. The average Bonchev–Trinajstić information content (AvgIpc) is 3.48. The van der Waals surface area contributed by atoms with E-state index in [1.54, 1.807) is 17.4 Å². The van der Waals surface area contributed by atoms with Crippen LogP contribution in [0.5, 0.6) is 0 Å². The fraction of sp³-hybridized carbons (Fsp3) is 0.391. The average molecular weight is 484 g/mol. The van der Waals surface area contributed by atoms with Gasteiger partial charge in [0, 0.05) is 29.9 Å². The molecule has 1 amide bonds. The van der Waals surface area contributed by atoms with Crippen molar-refractivity contribution in [3.63, 3.8) is 0 Å². The summed E-state index contributed by atoms with van der Waals surface area (Å²) in [7, 11) is 0. The maximum atomic E-state index is 13.3. The zero-order valence-electron chi connectivity index (χ0n) is 18.9. The molecule has 2 unspecified atom stereocenters. The van der Waals surface area contributed by atoms with E-state index in [0.717, 1.165) is 30.2 Å². The van der Waals surface area contributed by atoms with Crippen molar-refractivity contribution >= 4 is 44.8 Å². The molecule has 4 aromatic heterocycles. The van der Waals surface area contributed by atoms with Gasteiger partial charge in [-0.3, -0.25) is 15.0 Å². The first-order chi connectivity index (χ1) is 15.9. The summed E-state index contributed by atoms with van der Waals surface area (Å²) < 4.78 is 11.2. The van der Waals surface area contributed by atoms with E-state index in [1.165, 1.54) is 16.2 Å². The summed E-state index contributed by atoms with van der Waals surface area (Å²) in [6.45, 7) is 10.5. The summed E-state index contributed by atoms with van der Waals surface area (Å²) in [5.41, 5.74) is 3.10. The second-order valence-corrected chi connectivity index (χ2v) is 10.6.